The first-order valence-corrected chi connectivity index (χ1v) is 3.89. The molecule has 12 heavy (non-hydrogen) atoms. The second kappa shape index (κ2) is 3.97. The van der Waals surface area contributed by atoms with Crippen LogP contribution in [0.2, 0.25) is 0 Å². The standard InChI is InChI=1S/C9H13NO2/c1-7(6-11)10-8-4-2-3-5-9(8)12/h2-5,7,10-12H,6H2,1H3. The summed E-state index contributed by atoms with van der Waals surface area (Å²) in [5, 5.41) is 21.0. The Bertz CT molecular complexity index is 250. The molecule has 1 unspecified atom stereocenters. The lowest BCUT2D eigenvalue weighted by Crippen LogP contribution is -2.19. The number of aliphatic hydroxyl groups is 1. The summed E-state index contributed by atoms with van der Waals surface area (Å²) in [6.07, 6.45) is 0. The monoisotopic (exact) mass is 167 g/mol. The normalized spacial score (nSPS) is 12.5. The van der Waals surface area contributed by atoms with Crippen molar-refractivity contribution in [2.45, 2.75) is 13.0 Å². The molecule has 0 radical (unpaired) electrons. The predicted octanol–water partition coefficient (Wildman–Crippen LogP) is 1.18. The van der Waals surface area contributed by atoms with Gasteiger partial charge < -0.3 is 15.5 Å². The molecule has 3 heteroatoms. The first-order valence-electron chi connectivity index (χ1n) is 3.89. The van der Waals surface area contributed by atoms with E-state index < -0.39 is 0 Å². The van der Waals surface area contributed by atoms with Crippen molar-refractivity contribution >= 4 is 5.69 Å². The molecule has 0 amide bonds. The van der Waals surface area contributed by atoms with Gasteiger partial charge in [-0.1, -0.05) is 12.1 Å². The lowest BCUT2D eigenvalue weighted by Gasteiger charge is -2.12. The van der Waals surface area contributed by atoms with E-state index in [0.717, 1.165) is 0 Å². The van der Waals surface area contributed by atoms with E-state index in [4.69, 9.17) is 5.11 Å². The Morgan fingerprint density at radius 1 is 1.42 bits per heavy atom. The lowest BCUT2D eigenvalue weighted by molar-refractivity contribution is 0.281. The van der Waals surface area contributed by atoms with Crippen LogP contribution in [-0.2, 0) is 0 Å². The molecule has 0 heterocycles. The van der Waals surface area contributed by atoms with Crippen LogP contribution >= 0.6 is 0 Å². The van der Waals surface area contributed by atoms with Gasteiger partial charge in [-0.2, -0.15) is 0 Å². The maximum Gasteiger partial charge on any atom is 0.138 e. The van der Waals surface area contributed by atoms with E-state index in [-0.39, 0.29) is 18.4 Å². The van der Waals surface area contributed by atoms with Crippen molar-refractivity contribution in [3.8, 4) is 5.75 Å². The third-order valence-corrected chi connectivity index (χ3v) is 1.58. The van der Waals surface area contributed by atoms with E-state index in [1.165, 1.54) is 0 Å². The summed E-state index contributed by atoms with van der Waals surface area (Å²) in [6.45, 7) is 1.89. The first kappa shape index (κ1) is 8.87. The Morgan fingerprint density at radius 2 is 2.08 bits per heavy atom. The van der Waals surface area contributed by atoms with E-state index in [1.54, 1.807) is 18.2 Å². The molecule has 1 aromatic carbocycles. The highest BCUT2D eigenvalue weighted by atomic mass is 16.3. The molecule has 3 nitrogen and oxygen atoms in total. The molecule has 1 aromatic rings. The fourth-order valence-corrected chi connectivity index (χ4v) is 0.907. The number of hydrogen-bond acceptors (Lipinski definition) is 3. The number of hydrogen-bond donors (Lipinski definition) is 3. The maximum absolute atomic E-state index is 9.31. The second-order valence-corrected chi connectivity index (χ2v) is 2.75. The molecular formula is C9H13NO2. The molecule has 0 aliphatic rings. The van der Waals surface area contributed by atoms with Gasteiger partial charge in [0.25, 0.3) is 0 Å². The van der Waals surface area contributed by atoms with E-state index in [0.29, 0.717) is 5.69 Å². The summed E-state index contributed by atoms with van der Waals surface area (Å²) in [4.78, 5) is 0. The summed E-state index contributed by atoms with van der Waals surface area (Å²) in [5.41, 5.74) is 0.652. The van der Waals surface area contributed by atoms with E-state index in [9.17, 15) is 5.11 Å². The number of phenolic OH excluding ortho intramolecular Hbond substituents is 1. The summed E-state index contributed by atoms with van der Waals surface area (Å²) >= 11 is 0. The molecule has 0 saturated heterocycles. The van der Waals surface area contributed by atoms with Crippen LogP contribution in [0.3, 0.4) is 0 Å². The van der Waals surface area contributed by atoms with Crippen molar-refractivity contribution in [3.05, 3.63) is 24.3 Å². The highest BCUT2D eigenvalue weighted by Crippen LogP contribution is 2.21. The van der Waals surface area contributed by atoms with Gasteiger partial charge in [0.15, 0.2) is 0 Å². The van der Waals surface area contributed by atoms with Crippen molar-refractivity contribution in [2.24, 2.45) is 0 Å². The van der Waals surface area contributed by atoms with Crippen molar-refractivity contribution < 1.29 is 10.2 Å². The summed E-state index contributed by atoms with van der Waals surface area (Å²) in [6, 6.07) is 6.91. The number of aliphatic hydroxyl groups excluding tert-OH is 1. The minimum Gasteiger partial charge on any atom is -0.506 e. The smallest absolute Gasteiger partial charge is 0.138 e. The van der Waals surface area contributed by atoms with Gasteiger partial charge in [0, 0.05) is 6.04 Å². The van der Waals surface area contributed by atoms with Gasteiger partial charge in [-0.3, -0.25) is 0 Å². The van der Waals surface area contributed by atoms with Crippen molar-refractivity contribution in [3.63, 3.8) is 0 Å². The van der Waals surface area contributed by atoms with Gasteiger partial charge in [0.2, 0.25) is 0 Å². The Morgan fingerprint density at radius 3 is 2.67 bits per heavy atom. The largest absolute Gasteiger partial charge is 0.506 e. The molecule has 0 aromatic heterocycles. The third kappa shape index (κ3) is 2.13. The highest BCUT2D eigenvalue weighted by molar-refractivity contribution is 5.55. The topological polar surface area (TPSA) is 52.5 Å². The fourth-order valence-electron chi connectivity index (χ4n) is 0.907. The number of para-hydroxylation sites is 2. The van der Waals surface area contributed by atoms with Crippen LogP contribution in [0.1, 0.15) is 6.92 Å². The van der Waals surface area contributed by atoms with Crippen molar-refractivity contribution in [1.29, 1.82) is 0 Å². The average Bonchev–Trinajstić information content (AvgIpc) is 2.09. The molecule has 1 rings (SSSR count). The van der Waals surface area contributed by atoms with Crippen LogP contribution in [0.5, 0.6) is 5.75 Å². The zero-order valence-electron chi connectivity index (χ0n) is 6.99. The summed E-state index contributed by atoms with van der Waals surface area (Å²) < 4.78 is 0. The number of phenols is 1. The lowest BCUT2D eigenvalue weighted by atomic mass is 10.2. The molecule has 3 N–H and O–H groups in total. The quantitative estimate of drug-likeness (QED) is 0.592. The van der Waals surface area contributed by atoms with Crippen LogP contribution < -0.4 is 5.32 Å². The van der Waals surface area contributed by atoms with Crippen LogP contribution in [0.15, 0.2) is 24.3 Å². The maximum atomic E-state index is 9.31. The van der Waals surface area contributed by atoms with Gasteiger partial charge in [-0.05, 0) is 19.1 Å². The van der Waals surface area contributed by atoms with Gasteiger partial charge in [0.1, 0.15) is 5.75 Å². The van der Waals surface area contributed by atoms with Crippen LogP contribution in [0.4, 0.5) is 5.69 Å². The number of anilines is 1. The van der Waals surface area contributed by atoms with Gasteiger partial charge in [-0.25, -0.2) is 0 Å². The Hall–Kier alpha value is -1.22. The molecule has 0 aliphatic heterocycles. The molecule has 0 fully saturated rings. The molecule has 0 bridgehead atoms. The molecule has 0 spiro atoms. The zero-order chi connectivity index (χ0) is 8.97. The SMILES string of the molecule is CC(CO)Nc1ccccc1O. The van der Waals surface area contributed by atoms with E-state index in [2.05, 4.69) is 5.32 Å². The Kier molecular flexibility index (Phi) is 2.94. The minimum absolute atomic E-state index is 0.0432. The number of nitrogens with one attached hydrogen (secondary N) is 1. The highest BCUT2D eigenvalue weighted by Gasteiger charge is 2.02. The number of rotatable bonds is 3. The van der Waals surface area contributed by atoms with Gasteiger partial charge in [-0.15, -0.1) is 0 Å². The minimum atomic E-state index is -0.0432. The Labute approximate surface area is 71.7 Å². The molecule has 1 atom stereocenters. The van der Waals surface area contributed by atoms with Crippen molar-refractivity contribution in [2.75, 3.05) is 11.9 Å². The fraction of sp³-hybridized carbons (Fsp3) is 0.333. The van der Waals surface area contributed by atoms with E-state index in [1.807, 2.05) is 13.0 Å². The van der Waals surface area contributed by atoms with E-state index >= 15 is 0 Å². The Balaban J connectivity index is 2.69. The molecular weight excluding hydrogens is 154 g/mol. The average molecular weight is 167 g/mol. The van der Waals surface area contributed by atoms with Gasteiger partial charge in [0.05, 0.1) is 12.3 Å². The third-order valence-electron chi connectivity index (χ3n) is 1.58. The molecule has 0 saturated carbocycles. The molecule has 66 valence electrons. The molecule has 0 aliphatic carbocycles. The zero-order valence-corrected chi connectivity index (χ0v) is 6.99. The number of benzene rings is 1. The number of aromatic hydroxyl groups is 1. The van der Waals surface area contributed by atoms with Crippen LogP contribution in [-0.4, -0.2) is 22.9 Å². The predicted molar refractivity (Wildman–Crippen MR) is 48.3 cm³/mol. The second-order valence-electron chi connectivity index (χ2n) is 2.75. The van der Waals surface area contributed by atoms with Crippen LogP contribution in [0, 0.1) is 0 Å². The van der Waals surface area contributed by atoms with Crippen LogP contribution in [0.25, 0.3) is 0 Å². The summed E-state index contributed by atoms with van der Waals surface area (Å²) in [7, 11) is 0. The summed E-state index contributed by atoms with van der Waals surface area (Å²) in [5.74, 6) is 0.206. The first-order chi connectivity index (χ1) is 5.74. The van der Waals surface area contributed by atoms with Crippen molar-refractivity contribution in [1.82, 2.24) is 0 Å². The van der Waals surface area contributed by atoms with Gasteiger partial charge >= 0.3 is 0 Å².